The number of carbonyl (C=O) groups is 1. The van der Waals surface area contributed by atoms with E-state index in [1.807, 2.05) is 0 Å². The van der Waals surface area contributed by atoms with Crippen molar-refractivity contribution in [3.8, 4) is 0 Å². The quantitative estimate of drug-likeness (QED) is 0.244. The maximum Gasteiger partial charge on any atom is 0.416 e. The second-order valence-electron chi connectivity index (χ2n) is 11.9. The van der Waals surface area contributed by atoms with Crippen molar-refractivity contribution in [2.75, 3.05) is 13.7 Å². The number of methoxy groups -OCH3 is 1. The fourth-order valence-corrected chi connectivity index (χ4v) is 6.54. The van der Waals surface area contributed by atoms with Gasteiger partial charge in [-0.3, -0.25) is 9.69 Å². The van der Waals surface area contributed by atoms with Crippen LogP contribution in [0.3, 0.4) is 0 Å². The first-order valence-corrected chi connectivity index (χ1v) is 16.9. The molecule has 1 heterocycles. The van der Waals surface area contributed by atoms with E-state index >= 15 is 0 Å². The van der Waals surface area contributed by atoms with Gasteiger partial charge in [-0.05, 0) is 67.3 Å². The predicted molar refractivity (Wildman–Crippen MR) is 146 cm³/mol. The van der Waals surface area contributed by atoms with Crippen molar-refractivity contribution in [2.45, 2.75) is 83.9 Å². The summed E-state index contributed by atoms with van der Waals surface area (Å²) in [5.41, 5.74) is 1.51. The van der Waals surface area contributed by atoms with Gasteiger partial charge < -0.3 is 4.74 Å². The summed E-state index contributed by atoms with van der Waals surface area (Å²) >= 11 is 0. The summed E-state index contributed by atoms with van der Waals surface area (Å²) in [4.78, 5) is 14.6. The third-order valence-electron chi connectivity index (χ3n) is 7.64. The molecule has 7 heteroatoms. The third kappa shape index (κ3) is 7.93. The van der Waals surface area contributed by atoms with E-state index in [2.05, 4.69) is 62.7 Å². The SMILES string of the molecule is COC(=O)C[C@H]1CCN([C@H](CCC(C)C)c2ccc(C(F)(F)F)cc2)[C@H](c2ccc([Si](C)(C)C)cc2)C1. The molecule has 204 valence electrons. The Bertz CT molecular complexity index is 1010. The van der Waals surface area contributed by atoms with Crippen LogP contribution in [0.1, 0.15) is 74.7 Å². The Morgan fingerprint density at radius 2 is 1.65 bits per heavy atom. The molecule has 3 nitrogen and oxygen atoms in total. The van der Waals surface area contributed by atoms with Crippen molar-refractivity contribution < 1.29 is 22.7 Å². The molecule has 1 aliphatic heterocycles. The molecule has 2 aromatic carbocycles. The molecule has 0 aromatic heterocycles. The van der Waals surface area contributed by atoms with Crippen LogP contribution in [0.25, 0.3) is 0 Å². The van der Waals surface area contributed by atoms with E-state index in [1.54, 1.807) is 12.1 Å². The van der Waals surface area contributed by atoms with Crippen LogP contribution in [0.4, 0.5) is 13.2 Å². The van der Waals surface area contributed by atoms with Gasteiger partial charge in [0.1, 0.15) is 0 Å². The van der Waals surface area contributed by atoms with E-state index in [0.29, 0.717) is 12.3 Å². The van der Waals surface area contributed by atoms with Gasteiger partial charge in [0.15, 0.2) is 0 Å². The van der Waals surface area contributed by atoms with Crippen molar-refractivity contribution in [3.05, 3.63) is 65.2 Å². The largest absolute Gasteiger partial charge is 0.469 e. The first-order valence-electron chi connectivity index (χ1n) is 13.4. The summed E-state index contributed by atoms with van der Waals surface area (Å²) in [6, 6.07) is 14.7. The van der Waals surface area contributed by atoms with Crippen LogP contribution in [0.15, 0.2) is 48.5 Å². The highest BCUT2D eigenvalue weighted by Gasteiger charge is 2.36. The van der Waals surface area contributed by atoms with Crippen LogP contribution < -0.4 is 5.19 Å². The maximum atomic E-state index is 13.3. The fourth-order valence-electron chi connectivity index (χ4n) is 5.38. The van der Waals surface area contributed by atoms with Crippen LogP contribution in [0.2, 0.25) is 19.6 Å². The van der Waals surface area contributed by atoms with Crippen LogP contribution in [0.5, 0.6) is 0 Å². The molecule has 0 unspecified atom stereocenters. The number of hydrogen-bond donors (Lipinski definition) is 0. The van der Waals surface area contributed by atoms with Crippen molar-refractivity contribution in [2.24, 2.45) is 11.8 Å². The molecule has 2 aromatic rings. The number of ether oxygens (including phenoxy) is 1. The topological polar surface area (TPSA) is 29.5 Å². The molecule has 1 saturated heterocycles. The molecular formula is C30H42F3NO2Si. The first kappa shape index (κ1) is 29.4. The Balaban J connectivity index is 1.99. The summed E-state index contributed by atoms with van der Waals surface area (Å²) in [5.74, 6) is 0.511. The summed E-state index contributed by atoms with van der Waals surface area (Å²) in [5, 5.41) is 1.39. The molecule has 0 aliphatic carbocycles. The number of carbonyl (C=O) groups excluding carboxylic acids is 1. The zero-order valence-corrected chi connectivity index (χ0v) is 24.1. The zero-order chi connectivity index (χ0) is 27.4. The second kappa shape index (κ2) is 12.2. The van der Waals surface area contributed by atoms with Gasteiger partial charge in [-0.1, -0.05) is 75.1 Å². The van der Waals surface area contributed by atoms with Gasteiger partial charge in [0.2, 0.25) is 0 Å². The zero-order valence-electron chi connectivity index (χ0n) is 23.1. The number of halogens is 3. The van der Waals surface area contributed by atoms with Crippen molar-refractivity contribution in [1.82, 2.24) is 4.90 Å². The minimum Gasteiger partial charge on any atom is -0.469 e. The monoisotopic (exact) mass is 533 g/mol. The number of alkyl halides is 3. The standard InChI is InChI=1S/C30H42F3NO2Si/c1-21(2)7-16-27(23-8-12-25(13-9-23)30(31,32)33)34-18-17-22(20-29(35)36-3)19-28(34)24-10-14-26(15-11-24)37(4,5)6/h8-15,21-22,27-28H,7,16-20H2,1-6H3/t22-,27+,28-/m0/s1. The van der Waals surface area contributed by atoms with Gasteiger partial charge in [0.05, 0.1) is 20.7 Å². The molecule has 0 spiro atoms. The number of esters is 1. The molecule has 1 aliphatic rings. The summed E-state index contributed by atoms with van der Waals surface area (Å²) in [6.45, 7) is 12.1. The Kier molecular flexibility index (Phi) is 9.67. The Hall–Kier alpha value is -2.12. The number of benzene rings is 2. The highest BCUT2D eigenvalue weighted by Crippen LogP contribution is 2.43. The number of likely N-dealkylation sites (tertiary alicyclic amines) is 1. The average Bonchev–Trinajstić information content (AvgIpc) is 2.84. The van der Waals surface area contributed by atoms with E-state index in [-0.39, 0.29) is 24.0 Å². The first-order chi connectivity index (χ1) is 17.3. The van der Waals surface area contributed by atoms with Gasteiger partial charge in [0.25, 0.3) is 0 Å². The molecule has 3 rings (SSSR count). The van der Waals surface area contributed by atoms with Crippen LogP contribution >= 0.6 is 0 Å². The smallest absolute Gasteiger partial charge is 0.416 e. The molecule has 0 amide bonds. The van der Waals surface area contributed by atoms with Gasteiger partial charge in [-0.25, -0.2) is 0 Å². The Labute approximate surface area is 221 Å². The minimum atomic E-state index is -4.35. The lowest BCUT2D eigenvalue weighted by Crippen LogP contribution is -2.41. The molecule has 0 bridgehead atoms. The number of nitrogens with zero attached hydrogens (tertiary/aromatic N) is 1. The summed E-state index contributed by atoms with van der Waals surface area (Å²) in [6.07, 6.45) is -0.426. The normalized spacial score (nSPS) is 20.2. The van der Waals surface area contributed by atoms with E-state index in [1.165, 1.54) is 30.0 Å². The van der Waals surface area contributed by atoms with Crippen LogP contribution in [0, 0.1) is 11.8 Å². The molecule has 1 fully saturated rings. The maximum absolute atomic E-state index is 13.3. The number of rotatable bonds is 9. The molecular weight excluding hydrogens is 491 g/mol. The number of piperidine rings is 1. The lowest BCUT2D eigenvalue weighted by molar-refractivity contribution is -0.142. The van der Waals surface area contributed by atoms with Gasteiger partial charge in [0, 0.05) is 18.5 Å². The number of hydrogen-bond acceptors (Lipinski definition) is 3. The summed E-state index contributed by atoms with van der Waals surface area (Å²) in [7, 11) is -0.0231. The highest BCUT2D eigenvalue weighted by molar-refractivity contribution is 6.88. The minimum absolute atomic E-state index is 0.00503. The van der Waals surface area contributed by atoms with E-state index in [9.17, 15) is 18.0 Å². The molecule has 3 atom stereocenters. The van der Waals surface area contributed by atoms with E-state index in [0.717, 1.165) is 37.8 Å². The lowest BCUT2D eigenvalue weighted by Gasteiger charge is -2.45. The average molecular weight is 534 g/mol. The molecule has 37 heavy (non-hydrogen) atoms. The van der Waals surface area contributed by atoms with Gasteiger partial charge in [-0.2, -0.15) is 13.2 Å². The van der Waals surface area contributed by atoms with Crippen LogP contribution in [-0.4, -0.2) is 32.6 Å². The second-order valence-corrected chi connectivity index (χ2v) is 17.0. The van der Waals surface area contributed by atoms with Crippen molar-refractivity contribution in [3.63, 3.8) is 0 Å². The Morgan fingerprint density at radius 3 is 2.16 bits per heavy atom. The fraction of sp³-hybridized carbons (Fsp3) is 0.567. The van der Waals surface area contributed by atoms with E-state index in [4.69, 9.17) is 4.74 Å². The van der Waals surface area contributed by atoms with Crippen molar-refractivity contribution >= 4 is 19.2 Å². The predicted octanol–water partition coefficient (Wildman–Crippen LogP) is 7.74. The molecule has 0 N–H and O–H groups in total. The Morgan fingerprint density at radius 1 is 1.03 bits per heavy atom. The van der Waals surface area contributed by atoms with E-state index < -0.39 is 19.8 Å². The molecule has 0 saturated carbocycles. The van der Waals surface area contributed by atoms with Gasteiger partial charge in [-0.15, -0.1) is 0 Å². The van der Waals surface area contributed by atoms with Crippen LogP contribution in [-0.2, 0) is 15.7 Å². The summed E-state index contributed by atoms with van der Waals surface area (Å²) < 4.78 is 44.7. The van der Waals surface area contributed by atoms with Crippen molar-refractivity contribution in [1.29, 1.82) is 0 Å². The molecule has 0 radical (unpaired) electrons. The lowest BCUT2D eigenvalue weighted by atomic mass is 9.82. The van der Waals surface area contributed by atoms with Gasteiger partial charge >= 0.3 is 12.1 Å². The third-order valence-corrected chi connectivity index (χ3v) is 9.70. The highest BCUT2D eigenvalue weighted by atomic mass is 28.3.